The van der Waals surface area contributed by atoms with Gasteiger partial charge in [-0.15, -0.1) is 0 Å². The molecule has 0 saturated carbocycles. The first-order valence-corrected chi connectivity index (χ1v) is 4.72. The highest BCUT2D eigenvalue weighted by Crippen LogP contribution is 2.08. The summed E-state index contributed by atoms with van der Waals surface area (Å²) in [6.45, 7) is 3.89. The SMILES string of the molecule is CNc1ccc(C(=O)NC(C)C)cc1. The number of anilines is 1. The zero-order valence-electron chi connectivity index (χ0n) is 8.79. The van der Waals surface area contributed by atoms with E-state index in [1.807, 2.05) is 45.2 Å². The Bertz CT molecular complexity index is 304. The van der Waals surface area contributed by atoms with Gasteiger partial charge in [-0.05, 0) is 38.1 Å². The lowest BCUT2D eigenvalue weighted by Gasteiger charge is -2.08. The largest absolute Gasteiger partial charge is 0.388 e. The van der Waals surface area contributed by atoms with E-state index in [4.69, 9.17) is 0 Å². The molecule has 0 heterocycles. The van der Waals surface area contributed by atoms with Gasteiger partial charge >= 0.3 is 0 Å². The van der Waals surface area contributed by atoms with E-state index in [0.29, 0.717) is 5.56 Å². The van der Waals surface area contributed by atoms with Gasteiger partial charge < -0.3 is 10.6 Å². The second kappa shape index (κ2) is 4.65. The standard InChI is InChI=1S/C11H16N2O/c1-8(2)13-11(14)9-4-6-10(12-3)7-5-9/h4-8,12H,1-3H3,(H,13,14). The summed E-state index contributed by atoms with van der Waals surface area (Å²) in [5.41, 5.74) is 1.70. The molecule has 0 atom stereocenters. The van der Waals surface area contributed by atoms with Crippen molar-refractivity contribution < 1.29 is 4.79 Å². The van der Waals surface area contributed by atoms with Gasteiger partial charge in [-0.2, -0.15) is 0 Å². The van der Waals surface area contributed by atoms with Crippen LogP contribution in [0.2, 0.25) is 0 Å². The topological polar surface area (TPSA) is 41.1 Å². The molecule has 0 spiro atoms. The van der Waals surface area contributed by atoms with Crippen LogP contribution in [0.15, 0.2) is 24.3 Å². The number of hydrogen-bond donors (Lipinski definition) is 2. The minimum atomic E-state index is -0.0253. The van der Waals surface area contributed by atoms with E-state index >= 15 is 0 Å². The molecule has 1 aromatic carbocycles. The maximum atomic E-state index is 11.5. The Labute approximate surface area is 84.5 Å². The highest BCUT2D eigenvalue weighted by Gasteiger charge is 2.05. The second-order valence-electron chi connectivity index (χ2n) is 3.46. The van der Waals surface area contributed by atoms with Gasteiger partial charge in [-0.3, -0.25) is 4.79 Å². The Morgan fingerprint density at radius 3 is 2.21 bits per heavy atom. The van der Waals surface area contributed by atoms with Gasteiger partial charge in [0.15, 0.2) is 0 Å². The van der Waals surface area contributed by atoms with Crippen molar-refractivity contribution in [2.45, 2.75) is 19.9 Å². The molecule has 3 heteroatoms. The van der Waals surface area contributed by atoms with E-state index in [9.17, 15) is 4.79 Å². The quantitative estimate of drug-likeness (QED) is 0.767. The molecule has 3 nitrogen and oxygen atoms in total. The van der Waals surface area contributed by atoms with E-state index in [1.165, 1.54) is 0 Å². The van der Waals surface area contributed by atoms with Gasteiger partial charge in [0, 0.05) is 24.3 Å². The average Bonchev–Trinajstić information content (AvgIpc) is 2.17. The van der Waals surface area contributed by atoms with Crippen molar-refractivity contribution >= 4 is 11.6 Å². The van der Waals surface area contributed by atoms with Crippen LogP contribution in [0, 0.1) is 0 Å². The number of rotatable bonds is 3. The summed E-state index contributed by atoms with van der Waals surface area (Å²) in [5.74, 6) is -0.0253. The Morgan fingerprint density at radius 2 is 1.79 bits per heavy atom. The van der Waals surface area contributed by atoms with Crippen molar-refractivity contribution in [3.05, 3.63) is 29.8 Å². The Hall–Kier alpha value is -1.51. The number of benzene rings is 1. The van der Waals surface area contributed by atoms with Gasteiger partial charge in [-0.1, -0.05) is 0 Å². The number of carbonyl (C=O) groups is 1. The van der Waals surface area contributed by atoms with E-state index in [0.717, 1.165) is 5.69 Å². The molecule has 1 amide bonds. The molecule has 0 saturated heterocycles. The van der Waals surface area contributed by atoms with Crippen LogP contribution in [-0.2, 0) is 0 Å². The summed E-state index contributed by atoms with van der Waals surface area (Å²) >= 11 is 0. The number of carbonyl (C=O) groups excluding carboxylic acids is 1. The summed E-state index contributed by atoms with van der Waals surface area (Å²) in [6.07, 6.45) is 0. The molecule has 0 fully saturated rings. The molecule has 1 rings (SSSR count). The summed E-state index contributed by atoms with van der Waals surface area (Å²) in [5, 5.41) is 5.84. The fourth-order valence-corrected chi connectivity index (χ4v) is 1.13. The molecule has 0 aliphatic carbocycles. The molecule has 0 unspecified atom stereocenters. The molecule has 14 heavy (non-hydrogen) atoms. The summed E-state index contributed by atoms with van der Waals surface area (Å²) in [7, 11) is 1.85. The molecule has 0 aliphatic heterocycles. The Balaban J connectivity index is 2.71. The van der Waals surface area contributed by atoms with E-state index in [2.05, 4.69) is 10.6 Å². The highest BCUT2D eigenvalue weighted by atomic mass is 16.1. The number of nitrogens with one attached hydrogen (secondary N) is 2. The van der Waals surface area contributed by atoms with Crippen LogP contribution in [0.3, 0.4) is 0 Å². The maximum absolute atomic E-state index is 11.5. The third-order valence-corrected chi connectivity index (χ3v) is 1.86. The monoisotopic (exact) mass is 192 g/mol. The third-order valence-electron chi connectivity index (χ3n) is 1.86. The predicted molar refractivity (Wildman–Crippen MR) is 58.6 cm³/mol. The van der Waals surface area contributed by atoms with Crippen LogP contribution >= 0.6 is 0 Å². The first kappa shape index (κ1) is 10.6. The third kappa shape index (κ3) is 2.76. The van der Waals surface area contributed by atoms with E-state index in [1.54, 1.807) is 0 Å². The molecule has 1 aromatic rings. The fraction of sp³-hybridized carbons (Fsp3) is 0.364. The van der Waals surface area contributed by atoms with Crippen LogP contribution in [-0.4, -0.2) is 19.0 Å². The molecule has 0 bridgehead atoms. The van der Waals surface area contributed by atoms with E-state index < -0.39 is 0 Å². The van der Waals surface area contributed by atoms with Crippen molar-refractivity contribution in [3.63, 3.8) is 0 Å². The maximum Gasteiger partial charge on any atom is 0.251 e. The van der Waals surface area contributed by atoms with Crippen molar-refractivity contribution in [1.29, 1.82) is 0 Å². The lowest BCUT2D eigenvalue weighted by molar-refractivity contribution is 0.0943. The fourth-order valence-electron chi connectivity index (χ4n) is 1.13. The van der Waals surface area contributed by atoms with Crippen LogP contribution in [0.1, 0.15) is 24.2 Å². The van der Waals surface area contributed by atoms with Crippen molar-refractivity contribution in [1.82, 2.24) is 5.32 Å². The molecule has 2 N–H and O–H groups in total. The summed E-state index contributed by atoms with van der Waals surface area (Å²) in [4.78, 5) is 11.5. The minimum Gasteiger partial charge on any atom is -0.388 e. The van der Waals surface area contributed by atoms with Crippen LogP contribution < -0.4 is 10.6 Å². The van der Waals surface area contributed by atoms with Crippen molar-refractivity contribution in [2.75, 3.05) is 12.4 Å². The van der Waals surface area contributed by atoms with Crippen molar-refractivity contribution in [3.8, 4) is 0 Å². The van der Waals surface area contributed by atoms with Crippen LogP contribution in [0.25, 0.3) is 0 Å². The average molecular weight is 192 g/mol. The zero-order chi connectivity index (χ0) is 10.6. The zero-order valence-corrected chi connectivity index (χ0v) is 8.79. The molecule has 0 radical (unpaired) electrons. The lowest BCUT2D eigenvalue weighted by Crippen LogP contribution is -2.29. The summed E-state index contributed by atoms with van der Waals surface area (Å²) < 4.78 is 0. The molecule has 0 aromatic heterocycles. The van der Waals surface area contributed by atoms with Gasteiger partial charge in [-0.25, -0.2) is 0 Å². The van der Waals surface area contributed by atoms with Gasteiger partial charge in [0.1, 0.15) is 0 Å². The lowest BCUT2D eigenvalue weighted by atomic mass is 10.2. The smallest absolute Gasteiger partial charge is 0.251 e. The predicted octanol–water partition coefficient (Wildman–Crippen LogP) is 1.87. The van der Waals surface area contributed by atoms with Crippen molar-refractivity contribution in [2.24, 2.45) is 0 Å². The minimum absolute atomic E-state index is 0.0253. The van der Waals surface area contributed by atoms with Gasteiger partial charge in [0.2, 0.25) is 0 Å². The highest BCUT2D eigenvalue weighted by molar-refractivity contribution is 5.94. The molecule has 0 aliphatic rings. The number of hydrogen-bond acceptors (Lipinski definition) is 2. The molecular formula is C11H16N2O. The normalized spacial score (nSPS) is 10.0. The van der Waals surface area contributed by atoms with Gasteiger partial charge in [0.05, 0.1) is 0 Å². The molecular weight excluding hydrogens is 176 g/mol. The van der Waals surface area contributed by atoms with E-state index in [-0.39, 0.29) is 11.9 Å². The molecule has 76 valence electrons. The first-order chi connectivity index (χ1) is 6.63. The van der Waals surface area contributed by atoms with Crippen LogP contribution in [0.4, 0.5) is 5.69 Å². The second-order valence-corrected chi connectivity index (χ2v) is 3.46. The van der Waals surface area contributed by atoms with Crippen LogP contribution in [0.5, 0.6) is 0 Å². The number of amides is 1. The Kier molecular flexibility index (Phi) is 3.51. The summed E-state index contributed by atoms with van der Waals surface area (Å²) in [6, 6.07) is 7.56. The first-order valence-electron chi connectivity index (χ1n) is 4.72. The van der Waals surface area contributed by atoms with Gasteiger partial charge in [0.25, 0.3) is 5.91 Å². The Morgan fingerprint density at radius 1 is 1.21 bits per heavy atom.